The van der Waals surface area contributed by atoms with Crippen LogP contribution in [0, 0.1) is 5.92 Å². The predicted octanol–water partition coefficient (Wildman–Crippen LogP) is 1.77. The lowest BCUT2D eigenvalue weighted by atomic mass is 9.88. The number of nitrogens with zero attached hydrogens (tertiary/aromatic N) is 2. The second-order valence-electron chi connectivity index (χ2n) is 7.20. The molecule has 25 heavy (non-hydrogen) atoms. The summed E-state index contributed by atoms with van der Waals surface area (Å²) in [6.07, 6.45) is 7.35. The minimum Gasteiger partial charge on any atom is -0.349 e. The minimum absolute atomic E-state index is 0.00795. The van der Waals surface area contributed by atoms with Crippen molar-refractivity contribution in [1.82, 2.24) is 14.8 Å². The fourth-order valence-electron chi connectivity index (χ4n) is 3.59. The van der Waals surface area contributed by atoms with E-state index in [-0.39, 0.29) is 29.7 Å². The van der Waals surface area contributed by atoms with Gasteiger partial charge in [-0.15, -0.1) is 0 Å². The Hall–Kier alpha value is -2.31. The van der Waals surface area contributed by atoms with Crippen LogP contribution >= 0.6 is 0 Å². The van der Waals surface area contributed by atoms with Crippen LogP contribution in [0.15, 0.2) is 12.3 Å². The first kappa shape index (κ1) is 17.5. The number of fused-ring (bicyclic) bond motifs is 1. The van der Waals surface area contributed by atoms with Crippen molar-refractivity contribution in [3.05, 3.63) is 18.0 Å². The summed E-state index contributed by atoms with van der Waals surface area (Å²) < 4.78 is 1.82. The molecule has 7 nitrogen and oxygen atoms in total. The largest absolute Gasteiger partial charge is 0.349 e. The Morgan fingerprint density at radius 1 is 1.28 bits per heavy atom. The van der Waals surface area contributed by atoms with E-state index in [0.29, 0.717) is 24.3 Å². The number of carbonyl (C=O) groups is 3. The Morgan fingerprint density at radius 3 is 2.68 bits per heavy atom. The summed E-state index contributed by atoms with van der Waals surface area (Å²) in [4.78, 5) is 38.1. The van der Waals surface area contributed by atoms with Crippen molar-refractivity contribution in [2.45, 2.75) is 44.6 Å². The molecule has 3 rings (SSSR count). The first-order valence-corrected chi connectivity index (χ1v) is 8.97. The maximum absolute atomic E-state index is 12.4. The smallest absolute Gasteiger partial charge is 0.268 e. The zero-order valence-electron chi connectivity index (χ0n) is 14.9. The number of hydrogen-bond acceptors (Lipinski definition) is 3. The molecule has 1 aromatic rings. The summed E-state index contributed by atoms with van der Waals surface area (Å²) in [6, 6.07) is 1.56. The van der Waals surface area contributed by atoms with E-state index in [9.17, 15) is 14.4 Å². The number of amides is 3. The molecule has 1 fully saturated rings. The number of nitrogens with one attached hydrogen (secondary N) is 2. The molecular weight excluding hydrogens is 320 g/mol. The highest BCUT2D eigenvalue weighted by molar-refractivity contribution is 5.98. The summed E-state index contributed by atoms with van der Waals surface area (Å²) in [5.41, 5.74) is 1.12. The SMILES string of the molecule is CN(C)C(=O)CC1CNC(=O)c2cc(NC(=O)C3CCCCC3)cn21. The number of anilines is 1. The highest BCUT2D eigenvalue weighted by atomic mass is 16.2. The van der Waals surface area contributed by atoms with Gasteiger partial charge in [0, 0.05) is 39.2 Å². The molecule has 3 amide bonds. The third kappa shape index (κ3) is 3.86. The lowest BCUT2D eigenvalue weighted by Crippen LogP contribution is -2.40. The molecular formula is C18H26N4O3. The van der Waals surface area contributed by atoms with Crippen LogP contribution in [0.2, 0.25) is 0 Å². The molecule has 136 valence electrons. The molecule has 0 aromatic carbocycles. The molecule has 1 unspecified atom stereocenters. The van der Waals surface area contributed by atoms with Crippen LogP contribution in [0.3, 0.4) is 0 Å². The minimum atomic E-state index is -0.174. The standard InChI is InChI=1S/C18H26N4O3/c1-21(2)16(23)9-14-10-19-18(25)15-8-13(11-22(14)15)20-17(24)12-6-4-3-5-7-12/h8,11-12,14H,3-7,9-10H2,1-2H3,(H,19,25)(H,20,24). The third-order valence-corrected chi connectivity index (χ3v) is 5.13. The van der Waals surface area contributed by atoms with Crippen molar-refractivity contribution in [3.63, 3.8) is 0 Å². The summed E-state index contributed by atoms with van der Waals surface area (Å²) in [6.45, 7) is 0.413. The lowest BCUT2D eigenvalue weighted by molar-refractivity contribution is -0.129. The molecule has 1 aromatic heterocycles. The second kappa shape index (κ2) is 7.29. The number of carbonyl (C=O) groups excluding carboxylic acids is 3. The lowest BCUT2D eigenvalue weighted by Gasteiger charge is -2.26. The normalized spacial score (nSPS) is 20.6. The molecule has 0 bridgehead atoms. The fourth-order valence-corrected chi connectivity index (χ4v) is 3.59. The van der Waals surface area contributed by atoms with Crippen LogP contribution in [0.25, 0.3) is 0 Å². The molecule has 1 saturated carbocycles. The Kier molecular flexibility index (Phi) is 5.11. The Bertz CT molecular complexity index is 674. The summed E-state index contributed by atoms with van der Waals surface area (Å²) in [7, 11) is 3.44. The summed E-state index contributed by atoms with van der Waals surface area (Å²) >= 11 is 0. The van der Waals surface area contributed by atoms with Crippen molar-refractivity contribution in [1.29, 1.82) is 0 Å². The highest BCUT2D eigenvalue weighted by Crippen LogP contribution is 2.28. The Balaban J connectivity index is 1.74. The van der Waals surface area contributed by atoms with Gasteiger partial charge in [-0.3, -0.25) is 14.4 Å². The Morgan fingerprint density at radius 2 is 2.00 bits per heavy atom. The van der Waals surface area contributed by atoms with Gasteiger partial charge < -0.3 is 20.1 Å². The van der Waals surface area contributed by atoms with Gasteiger partial charge in [-0.25, -0.2) is 0 Å². The second-order valence-corrected chi connectivity index (χ2v) is 7.20. The average molecular weight is 346 g/mol. The van der Waals surface area contributed by atoms with E-state index >= 15 is 0 Å². The van der Waals surface area contributed by atoms with Gasteiger partial charge in [0.25, 0.3) is 5.91 Å². The van der Waals surface area contributed by atoms with Crippen molar-refractivity contribution < 1.29 is 14.4 Å². The zero-order valence-corrected chi connectivity index (χ0v) is 14.9. The zero-order chi connectivity index (χ0) is 18.0. The number of rotatable bonds is 4. The van der Waals surface area contributed by atoms with E-state index in [1.54, 1.807) is 31.3 Å². The molecule has 0 spiro atoms. The third-order valence-electron chi connectivity index (χ3n) is 5.13. The quantitative estimate of drug-likeness (QED) is 0.871. The molecule has 0 saturated heterocycles. The van der Waals surface area contributed by atoms with E-state index in [0.717, 1.165) is 25.7 Å². The highest BCUT2D eigenvalue weighted by Gasteiger charge is 2.29. The van der Waals surface area contributed by atoms with E-state index in [1.165, 1.54) is 6.42 Å². The van der Waals surface area contributed by atoms with Gasteiger partial charge in [0.15, 0.2) is 0 Å². The van der Waals surface area contributed by atoms with Gasteiger partial charge in [0.2, 0.25) is 11.8 Å². The van der Waals surface area contributed by atoms with Crippen molar-refractivity contribution in [2.24, 2.45) is 5.92 Å². The van der Waals surface area contributed by atoms with E-state index in [1.807, 2.05) is 4.57 Å². The van der Waals surface area contributed by atoms with Crippen LogP contribution in [0.4, 0.5) is 5.69 Å². The molecule has 2 heterocycles. The van der Waals surface area contributed by atoms with Crippen molar-refractivity contribution >= 4 is 23.4 Å². The van der Waals surface area contributed by atoms with Crippen molar-refractivity contribution in [2.75, 3.05) is 26.0 Å². The van der Waals surface area contributed by atoms with E-state index in [4.69, 9.17) is 0 Å². The summed E-state index contributed by atoms with van der Waals surface area (Å²) in [5, 5.41) is 5.77. The topological polar surface area (TPSA) is 83.4 Å². The van der Waals surface area contributed by atoms with E-state index in [2.05, 4.69) is 10.6 Å². The average Bonchev–Trinajstić information content (AvgIpc) is 3.02. The van der Waals surface area contributed by atoms with Gasteiger partial charge in [-0.05, 0) is 18.9 Å². The van der Waals surface area contributed by atoms with E-state index < -0.39 is 0 Å². The maximum atomic E-state index is 12.4. The van der Waals surface area contributed by atoms with Gasteiger partial charge in [0.05, 0.1) is 11.7 Å². The number of aromatic nitrogens is 1. The van der Waals surface area contributed by atoms with Crippen molar-refractivity contribution in [3.8, 4) is 0 Å². The molecule has 0 radical (unpaired) electrons. The maximum Gasteiger partial charge on any atom is 0.268 e. The van der Waals surface area contributed by atoms with Crippen LogP contribution < -0.4 is 10.6 Å². The molecule has 2 N–H and O–H groups in total. The van der Waals surface area contributed by atoms with Crippen LogP contribution in [0.1, 0.15) is 55.1 Å². The monoisotopic (exact) mass is 346 g/mol. The van der Waals surface area contributed by atoms with Gasteiger partial charge in [0.1, 0.15) is 5.69 Å². The molecule has 1 aliphatic heterocycles. The summed E-state index contributed by atoms with van der Waals surface area (Å²) in [5.74, 6) is -0.0742. The molecule has 2 aliphatic rings. The van der Waals surface area contributed by atoms with Gasteiger partial charge in [-0.1, -0.05) is 19.3 Å². The van der Waals surface area contributed by atoms with Gasteiger partial charge >= 0.3 is 0 Å². The molecule has 7 heteroatoms. The molecule has 1 atom stereocenters. The van der Waals surface area contributed by atoms with Crippen LogP contribution in [-0.4, -0.2) is 47.8 Å². The van der Waals surface area contributed by atoms with Crippen LogP contribution in [0.5, 0.6) is 0 Å². The molecule has 1 aliphatic carbocycles. The van der Waals surface area contributed by atoms with Gasteiger partial charge in [-0.2, -0.15) is 0 Å². The number of hydrogen-bond donors (Lipinski definition) is 2. The first-order chi connectivity index (χ1) is 12.0. The Labute approximate surface area is 147 Å². The predicted molar refractivity (Wildman–Crippen MR) is 94.3 cm³/mol. The first-order valence-electron chi connectivity index (χ1n) is 8.97. The van der Waals surface area contributed by atoms with Crippen LogP contribution in [-0.2, 0) is 9.59 Å². The fraction of sp³-hybridized carbons (Fsp3) is 0.611.